The highest BCUT2D eigenvalue weighted by Crippen LogP contribution is 1.86. The van der Waals surface area contributed by atoms with Crippen LogP contribution in [0.25, 0.3) is 0 Å². The zero-order chi connectivity index (χ0) is 6.41. The zero-order valence-corrected chi connectivity index (χ0v) is 5.22. The summed E-state index contributed by atoms with van der Waals surface area (Å²) in [4.78, 5) is 0. The summed E-state index contributed by atoms with van der Waals surface area (Å²) in [7, 11) is 0. The van der Waals surface area contributed by atoms with Crippen LogP contribution >= 0.6 is 0 Å². The van der Waals surface area contributed by atoms with Gasteiger partial charge in [-0.3, -0.25) is 0 Å². The molecular weight excluding hydrogens is 100 g/mol. The fraction of sp³-hybridized carbons (Fsp3) is 0.429. The Morgan fingerprint density at radius 3 is 2.62 bits per heavy atom. The average Bonchev–Trinajstić information content (AvgIpc) is 1.66. The van der Waals surface area contributed by atoms with Crippen molar-refractivity contribution in [3.8, 4) is 12.3 Å². The summed E-state index contributed by atoms with van der Waals surface area (Å²) in [5.74, 6) is 2.32. The lowest BCUT2D eigenvalue weighted by Crippen LogP contribution is -1.93. The first-order chi connectivity index (χ1) is 3.77. The predicted molar refractivity (Wildman–Crippen MR) is 34.2 cm³/mol. The lowest BCUT2D eigenvalue weighted by Gasteiger charge is -2.00. The molecule has 0 unspecified atom stereocenters. The molecule has 0 fully saturated rings. The van der Waals surface area contributed by atoms with Crippen LogP contribution in [0.3, 0.4) is 0 Å². The highest BCUT2D eigenvalue weighted by Gasteiger charge is 1.82. The van der Waals surface area contributed by atoms with Gasteiger partial charge < -0.3 is 4.74 Å². The van der Waals surface area contributed by atoms with E-state index < -0.39 is 0 Å². The van der Waals surface area contributed by atoms with E-state index in [4.69, 9.17) is 11.2 Å². The number of rotatable bonds is 2. The smallest absolute Gasteiger partial charge is 0.0922 e. The first kappa shape index (κ1) is 7.10. The van der Waals surface area contributed by atoms with E-state index in [1.54, 1.807) is 0 Å². The molecule has 0 atom stereocenters. The second-order valence-electron chi connectivity index (χ2n) is 1.65. The number of allylic oxidation sites excluding steroid dienone is 1. The van der Waals surface area contributed by atoms with Crippen molar-refractivity contribution in [3.05, 3.63) is 12.3 Å². The largest absolute Gasteiger partial charge is 0.498 e. The minimum absolute atomic E-state index is 0.222. The fourth-order valence-electron chi connectivity index (χ4n) is 0.236. The number of terminal acetylenes is 1. The molecule has 0 saturated carbocycles. The van der Waals surface area contributed by atoms with Gasteiger partial charge in [-0.25, -0.2) is 0 Å². The zero-order valence-electron chi connectivity index (χ0n) is 5.22. The van der Waals surface area contributed by atoms with Crippen molar-refractivity contribution in [1.29, 1.82) is 0 Å². The molecule has 44 valence electrons. The second kappa shape index (κ2) is 4.26. The molecule has 0 radical (unpaired) electrons. The summed E-state index contributed by atoms with van der Waals surface area (Å²) in [6.45, 7) is 3.89. The summed E-state index contributed by atoms with van der Waals surface area (Å²) >= 11 is 0. The fourth-order valence-corrected chi connectivity index (χ4v) is 0.236. The molecular formula is C7H10O. The maximum atomic E-state index is 4.96. The molecule has 1 nitrogen and oxygen atoms in total. The minimum Gasteiger partial charge on any atom is -0.498 e. The molecule has 0 aromatic carbocycles. The lowest BCUT2D eigenvalue weighted by atomic mass is 10.5. The first-order valence-electron chi connectivity index (χ1n) is 2.54. The Bertz CT molecular complexity index is 106. The molecule has 0 aliphatic rings. The van der Waals surface area contributed by atoms with Crippen LogP contribution in [0.4, 0.5) is 0 Å². The van der Waals surface area contributed by atoms with E-state index in [0.717, 1.165) is 0 Å². The Balaban J connectivity index is 3.19. The van der Waals surface area contributed by atoms with Gasteiger partial charge >= 0.3 is 0 Å². The standard InChI is InChI=1S/C7H10O/c1-4-5-6-8-7(2)3/h1,5-7H,2-3H3. The van der Waals surface area contributed by atoms with Crippen LogP contribution in [0.2, 0.25) is 0 Å². The SMILES string of the molecule is C#CC=COC(C)C. The van der Waals surface area contributed by atoms with Crippen molar-refractivity contribution in [2.75, 3.05) is 0 Å². The van der Waals surface area contributed by atoms with E-state index in [2.05, 4.69) is 5.92 Å². The van der Waals surface area contributed by atoms with Gasteiger partial charge in [0, 0.05) is 6.08 Å². The number of hydrogen-bond donors (Lipinski definition) is 0. The Kier molecular flexibility index (Phi) is 3.78. The van der Waals surface area contributed by atoms with Crippen molar-refractivity contribution in [2.24, 2.45) is 0 Å². The van der Waals surface area contributed by atoms with E-state index >= 15 is 0 Å². The van der Waals surface area contributed by atoms with Crippen molar-refractivity contribution in [3.63, 3.8) is 0 Å². The molecule has 8 heavy (non-hydrogen) atoms. The summed E-state index contributed by atoms with van der Waals surface area (Å²) in [6.07, 6.45) is 8.17. The molecule has 0 bridgehead atoms. The maximum Gasteiger partial charge on any atom is 0.0922 e. The Labute approximate surface area is 50.4 Å². The molecule has 0 aromatic rings. The number of ether oxygens (including phenoxy) is 1. The van der Waals surface area contributed by atoms with Crippen LogP contribution in [-0.4, -0.2) is 6.10 Å². The average molecular weight is 110 g/mol. The van der Waals surface area contributed by atoms with Crippen LogP contribution in [-0.2, 0) is 4.74 Å². The van der Waals surface area contributed by atoms with Gasteiger partial charge in [0.25, 0.3) is 0 Å². The third-order valence-corrected chi connectivity index (χ3v) is 0.515. The van der Waals surface area contributed by atoms with E-state index in [-0.39, 0.29) is 6.10 Å². The summed E-state index contributed by atoms with van der Waals surface area (Å²) in [5.41, 5.74) is 0. The summed E-state index contributed by atoms with van der Waals surface area (Å²) < 4.78 is 4.96. The normalized spacial score (nSPS) is 9.75. The third-order valence-electron chi connectivity index (χ3n) is 0.515. The molecule has 0 aliphatic carbocycles. The molecule has 0 aliphatic heterocycles. The summed E-state index contributed by atoms with van der Waals surface area (Å²) in [5, 5.41) is 0. The van der Waals surface area contributed by atoms with E-state index in [1.807, 2.05) is 13.8 Å². The lowest BCUT2D eigenvalue weighted by molar-refractivity contribution is 0.179. The van der Waals surface area contributed by atoms with Gasteiger partial charge in [-0.2, -0.15) is 0 Å². The predicted octanol–water partition coefficient (Wildman–Crippen LogP) is 1.56. The molecule has 0 rings (SSSR count). The van der Waals surface area contributed by atoms with Crippen LogP contribution in [0, 0.1) is 12.3 Å². The van der Waals surface area contributed by atoms with Gasteiger partial charge in [0.05, 0.1) is 12.4 Å². The van der Waals surface area contributed by atoms with Crippen LogP contribution < -0.4 is 0 Å². The van der Waals surface area contributed by atoms with Gasteiger partial charge in [-0.1, -0.05) is 5.92 Å². The Morgan fingerprint density at radius 2 is 2.25 bits per heavy atom. The van der Waals surface area contributed by atoms with E-state index in [0.29, 0.717) is 0 Å². The van der Waals surface area contributed by atoms with Gasteiger partial charge in [0.1, 0.15) is 0 Å². The van der Waals surface area contributed by atoms with E-state index in [9.17, 15) is 0 Å². The quantitative estimate of drug-likeness (QED) is 0.387. The molecule has 0 aromatic heterocycles. The highest BCUT2D eigenvalue weighted by molar-refractivity contribution is 5.06. The van der Waals surface area contributed by atoms with Gasteiger partial charge in [-0.15, -0.1) is 6.42 Å². The minimum atomic E-state index is 0.222. The van der Waals surface area contributed by atoms with Crippen molar-refractivity contribution < 1.29 is 4.74 Å². The molecule has 1 heteroatoms. The molecule has 0 N–H and O–H groups in total. The van der Waals surface area contributed by atoms with Gasteiger partial charge in [0.2, 0.25) is 0 Å². The van der Waals surface area contributed by atoms with Crippen LogP contribution in [0.15, 0.2) is 12.3 Å². The van der Waals surface area contributed by atoms with E-state index in [1.165, 1.54) is 12.3 Å². The van der Waals surface area contributed by atoms with Crippen LogP contribution in [0.5, 0.6) is 0 Å². The topological polar surface area (TPSA) is 9.23 Å². The Morgan fingerprint density at radius 1 is 1.62 bits per heavy atom. The molecule has 0 spiro atoms. The molecule has 0 amide bonds. The summed E-state index contributed by atoms with van der Waals surface area (Å²) in [6, 6.07) is 0. The second-order valence-corrected chi connectivity index (χ2v) is 1.65. The van der Waals surface area contributed by atoms with Gasteiger partial charge in [0.15, 0.2) is 0 Å². The monoisotopic (exact) mass is 110 g/mol. The third kappa shape index (κ3) is 5.10. The highest BCUT2D eigenvalue weighted by atomic mass is 16.5. The first-order valence-corrected chi connectivity index (χ1v) is 2.54. The van der Waals surface area contributed by atoms with Crippen LogP contribution in [0.1, 0.15) is 13.8 Å². The molecule has 0 saturated heterocycles. The maximum absolute atomic E-state index is 4.96. The van der Waals surface area contributed by atoms with Gasteiger partial charge in [-0.05, 0) is 13.8 Å². The van der Waals surface area contributed by atoms with Crippen molar-refractivity contribution >= 4 is 0 Å². The molecule has 0 heterocycles. The van der Waals surface area contributed by atoms with Crippen molar-refractivity contribution in [2.45, 2.75) is 20.0 Å². The number of hydrogen-bond acceptors (Lipinski definition) is 1. The van der Waals surface area contributed by atoms with Crippen molar-refractivity contribution in [1.82, 2.24) is 0 Å². The Hall–Kier alpha value is -0.900.